The molecule has 0 radical (unpaired) electrons. The van der Waals surface area contributed by atoms with E-state index in [-0.39, 0.29) is 5.11 Å². The van der Waals surface area contributed by atoms with E-state index in [1.165, 1.54) is 7.11 Å². The lowest BCUT2D eigenvalue weighted by molar-refractivity contribution is -0.105. The number of rotatable bonds is 3. The Morgan fingerprint density at radius 2 is 2.00 bits per heavy atom. The number of methoxy groups -OCH3 is 1. The SMILES string of the molecule is COC(=O)NC(=S)Nc1ccccc1NC=O. The van der Waals surface area contributed by atoms with Crippen molar-refractivity contribution in [2.45, 2.75) is 0 Å². The molecule has 0 unspecified atom stereocenters. The van der Waals surface area contributed by atoms with Gasteiger partial charge < -0.3 is 15.4 Å². The standard InChI is InChI=1S/C10H11N3O3S/c1-16-10(15)13-9(17)12-8-5-3-2-4-7(8)11-6-14/h2-6H,1H3,(H,11,14)(H2,12,13,15,17). The minimum absolute atomic E-state index is 0.0806. The van der Waals surface area contributed by atoms with Gasteiger partial charge in [-0.3, -0.25) is 10.1 Å². The van der Waals surface area contributed by atoms with Gasteiger partial charge in [-0.1, -0.05) is 12.1 Å². The van der Waals surface area contributed by atoms with Crippen LogP contribution < -0.4 is 16.0 Å². The van der Waals surface area contributed by atoms with Crippen LogP contribution >= 0.6 is 12.2 Å². The van der Waals surface area contributed by atoms with Gasteiger partial charge >= 0.3 is 6.09 Å². The molecule has 0 saturated carbocycles. The highest BCUT2D eigenvalue weighted by molar-refractivity contribution is 7.80. The van der Waals surface area contributed by atoms with E-state index >= 15 is 0 Å². The molecule has 7 heteroatoms. The summed E-state index contributed by atoms with van der Waals surface area (Å²) in [6.07, 6.45) is -0.111. The average molecular weight is 253 g/mol. The Kier molecular flexibility index (Phi) is 4.89. The van der Waals surface area contributed by atoms with Crippen molar-refractivity contribution in [3.8, 4) is 0 Å². The molecule has 6 nitrogen and oxygen atoms in total. The van der Waals surface area contributed by atoms with Crippen molar-refractivity contribution in [3.63, 3.8) is 0 Å². The van der Waals surface area contributed by atoms with Crippen LogP contribution in [-0.4, -0.2) is 24.7 Å². The largest absolute Gasteiger partial charge is 0.453 e. The molecule has 0 aliphatic rings. The molecule has 0 saturated heterocycles. The number of nitrogens with one attached hydrogen (secondary N) is 3. The lowest BCUT2D eigenvalue weighted by Gasteiger charge is -2.11. The van der Waals surface area contributed by atoms with Gasteiger partial charge in [-0.2, -0.15) is 0 Å². The van der Waals surface area contributed by atoms with Gasteiger partial charge in [0, 0.05) is 0 Å². The molecule has 0 bridgehead atoms. The predicted octanol–water partition coefficient (Wildman–Crippen LogP) is 1.31. The maximum atomic E-state index is 10.9. The molecule has 1 aromatic rings. The normalized spacial score (nSPS) is 9.00. The first-order chi connectivity index (χ1) is 8.17. The fraction of sp³-hybridized carbons (Fsp3) is 0.100. The van der Waals surface area contributed by atoms with Crippen LogP contribution in [0.5, 0.6) is 0 Å². The van der Waals surface area contributed by atoms with Crippen LogP contribution in [0.1, 0.15) is 0 Å². The van der Waals surface area contributed by atoms with Gasteiger partial charge in [0.05, 0.1) is 18.5 Å². The fourth-order valence-electron chi connectivity index (χ4n) is 1.08. The van der Waals surface area contributed by atoms with Gasteiger partial charge in [-0.15, -0.1) is 0 Å². The smallest absolute Gasteiger partial charge is 0.413 e. The topological polar surface area (TPSA) is 79.5 Å². The van der Waals surface area contributed by atoms with Crippen molar-refractivity contribution < 1.29 is 14.3 Å². The zero-order chi connectivity index (χ0) is 12.7. The second-order valence-electron chi connectivity index (χ2n) is 2.88. The Morgan fingerprint density at radius 3 is 2.59 bits per heavy atom. The molecule has 1 aromatic carbocycles. The quantitative estimate of drug-likeness (QED) is 0.559. The Labute approximate surface area is 103 Å². The highest BCUT2D eigenvalue weighted by atomic mass is 32.1. The fourth-order valence-corrected chi connectivity index (χ4v) is 1.27. The Morgan fingerprint density at radius 1 is 1.35 bits per heavy atom. The maximum absolute atomic E-state index is 10.9. The highest BCUT2D eigenvalue weighted by Gasteiger charge is 2.06. The number of para-hydroxylation sites is 2. The van der Waals surface area contributed by atoms with E-state index in [1.54, 1.807) is 24.3 Å². The minimum atomic E-state index is -0.664. The molecule has 90 valence electrons. The number of ether oxygens (including phenoxy) is 1. The van der Waals surface area contributed by atoms with Gasteiger partial charge in [-0.05, 0) is 24.4 Å². The summed E-state index contributed by atoms with van der Waals surface area (Å²) < 4.78 is 4.39. The molecule has 0 aliphatic heterocycles. The third-order valence-corrected chi connectivity index (χ3v) is 1.99. The van der Waals surface area contributed by atoms with Crippen LogP contribution in [0.15, 0.2) is 24.3 Å². The monoisotopic (exact) mass is 253 g/mol. The van der Waals surface area contributed by atoms with Crippen LogP contribution in [0, 0.1) is 0 Å². The van der Waals surface area contributed by atoms with Gasteiger partial charge in [0.2, 0.25) is 6.41 Å². The summed E-state index contributed by atoms with van der Waals surface area (Å²) in [7, 11) is 1.24. The average Bonchev–Trinajstić information content (AvgIpc) is 2.31. The van der Waals surface area contributed by atoms with E-state index in [0.29, 0.717) is 17.8 Å². The minimum Gasteiger partial charge on any atom is -0.453 e. The van der Waals surface area contributed by atoms with Crippen molar-refractivity contribution in [2.24, 2.45) is 0 Å². The lowest BCUT2D eigenvalue weighted by atomic mass is 10.2. The van der Waals surface area contributed by atoms with Crippen LogP contribution in [0.25, 0.3) is 0 Å². The maximum Gasteiger partial charge on any atom is 0.413 e. The van der Waals surface area contributed by atoms with Crippen LogP contribution in [0.3, 0.4) is 0 Å². The van der Waals surface area contributed by atoms with E-state index in [2.05, 4.69) is 20.7 Å². The molecule has 0 aliphatic carbocycles. The van der Waals surface area contributed by atoms with E-state index in [0.717, 1.165) is 0 Å². The number of hydrogen-bond donors (Lipinski definition) is 3. The number of alkyl carbamates (subject to hydrolysis) is 1. The van der Waals surface area contributed by atoms with Crippen molar-refractivity contribution in [1.29, 1.82) is 0 Å². The van der Waals surface area contributed by atoms with Crippen molar-refractivity contribution in [1.82, 2.24) is 5.32 Å². The first-order valence-corrected chi connectivity index (χ1v) is 5.03. The van der Waals surface area contributed by atoms with Gasteiger partial charge in [0.25, 0.3) is 0 Å². The summed E-state index contributed by atoms with van der Waals surface area (Å²) in [4.78, 5) is 21.3. The molecule has 2 amide bonds. The summed E-state index contributed by atoms with van der Waals surface area (Å²) in [6, 6.07) is 6.92. The number of thiocarbonyl (C=S) groups is 1. The lowest BCUT2D eigenvalue weighted by Crippen LogP contribution is -2.34. The summed E-state index contributed by atoms with van der Waals surface area (Å²) in [5.74, 6) is 0. The molecular formula is C10H11N3O3S. The number of anilines is 2. The Balaban J connectivity index is 2.70. The molecule has 0 atom stereocenters. The number of carbonyl (C=O) groups is 2. The summed E-state index contributed by atoms with van der Waals surface area (Å²) in [5, 5.41) is 7.63. The summed E-state index contributed by atoms with van der Waals surface area (Å²) in [5.41, 5.74) is 1.12. The van der Waals surface area contributed by atoms with Crippen LogP contribution in [0.2, 0.25) is 0 Å². The molecule has 0 aromatic heterocycles. The van der Waals surface area contributed by atoms with Crippen molar-refractivity contribution in [3.05, 3.63) is 24.3 Å². The molecule has 17 heavy (non-hydrogen) atoms. The highest BCUT2D eigenvalue weighted by Crippen LogP contribution is 2.19. The zero-order valence-electron chi connectivity index (χ0n) is 9.02. The van der Waals surface area contributed by atoms with Crippen molar-refractivity contribution in [2.75, 3.05) is 17.7 Å². The van der Waals surface area contributed by atoms with Crippen molar-refractivity contribution >= 4 is 41.2 Å². The predicted molar refractivity (Wildman–Crippen MR) is 67.9 cm³/mol. The van der Waals surface area contributed by atoms with Crippen LogP contribution in [0.4, 0.5) is 16.2 Å². The number of hydrogen-bond acceptors (Lipinski definition) is 4. The van der Waals surface area contributed by atoms with E-state index in [1.807, 2.05) is 0 Å². The summed E-state index contributed by atoms with van der Waals surface area (Å²) in [6.45, 7) is 0. The first-order valence-electron chi connectivity index (χ1n) is 4.62. The molecule has 0 heterocycles. The number of carbonyl (C=O) groups excluding carboxylic acids is 2. The van der Waals surface area contributed by atoms with Crippen LogP contribution in [-0.2, 0) is 9.53 Å². The van der Waals surface area contributed by atoms with Gasteiger partial charge in [0.1, 0.15) is 0 Å². The molecule has 3 N–H and O–H groups in total. The molecule has 0 spiro atoms. The third kappa shape index (κ3) is 4.07. The third-order valence-electron chi connectivity index (χ3n) is 1.79. The van der Waals surface area contributed by atoms with E-state index in [4.69, 9.17) is 12.2 Å². The second kappa shape index (κ2) is 6.44. The van der Waals surface area contributed by atoms with Gasteiger partial charge in [0.15, 0.2) is 5.11 Å². The van der Waals surface area contributed by atoms with E-state index in [9.17, 15) is 9.59 Å². The van der Waals surface area contributed by atoms with E-state index < -0.39 is 6.09 Å². The summed E-state index contributed by atoms with van der Waals surface area (Å²) >= 11 is 4.88. The Hall–Kier alpha value is -2.15. The number of amides is 2. The Bertz CT molecular complexity index is 437. The molecule has 0 fully saturated rings. The number of benzene rings is 1. The zero-order valence-corrected chi connectivity index (χ0v) is 9.84. The molecule has 1 rings (SSSR count). The van der Waals surface area contributed by atoms with Gasteiger partial charge in [-0.25, -0.2) is 4.79 Å². The first kappa shape index (κ1) is 12.9. The molecular weight excluding hydrogens is 242 g/mol. The second-order valence-corrected chi connectivity index (χ2v) is 3.29.